The highest BCUT2D eigenvalue weighted by Gasteiger charge is 2.19. The molecule has 4 rings (SSSR count). The molecule has 0 saturated carbocycles. The zero-order valence-electron chi connectivity index (χ0n) is 13.3. The number of para-hydroxylation sites is 1. The molecule has 0 bridgehead atoms. The molecule has 0 radical (unpaired) electrons. The fourth-order valence-electron chi connectivity index (χ4n) is 2.80. The Morgan fingerprint density at radius 2 is 1.77 bits per heavy atom. The summed E-state index contributed by atoms with van der Waals surface area (Å²) < 4.78 is 11.4. The van der Waals surface area contributed by atoms with Crippen molar-refractivity contribution in [2.45, 2.75) is 0 Å². The molecule has 0 aliphatic heterocycles. The first-order valence-corrected chi connectivity index (χ1v) is 7.70. The number of primary amides is 1. The van der Waals surface area contributed by atoms with Crippen LogP contribution in [0.1, 0.15) is 10.4 Å². The van der Waals surface area contributed by atoms with Crippen molar-refractivity contribution in [3.8, 4) is 11.5 Å². The number of furan rings is 1. The molecule has 0 unspecified atom stereocenters. The van der Waals surface area contributed by atoms with Gasteiger partial charge in [0, 0.05) is 22.4 Å². The lowest BCUT2D eigenvalue weighted by Gasteiger charge is -2.07. The van der Waals surface area contributed by atoms with Crippen molar-refractivity contribution < 1.29 is 18.9 Å². The van der Waals surface area contributed by atoms with Crippen molar-refractivity contribution in [2.24, 2.45) is 5.73 Å². The Morgan fingerprint density at radius 1 is 1.00 bits per heavy atom. The zero-order chi connectivity index (χ0) is 18.3. The summed E-state index contributed by atoms with van der Waals surface area (Å²) >= 11 is 0. The predicted octanol–water partition coefficient (Wildman–Crippen LogP) is 4.39. The number of ether oxygens (including phenoxy) is 1. The van der Waals surface area contributed by atoms with Gasteiger partial charge in [0.05, 0.1) is 4.92 Å². The minimum absolute atomic E-state index is 0.0205. The number of nitro groups is 1. The fourth-order valence-corrected chi connectivity index (χ4v) is 2.80. The molecule has 7 nitrogen and oxygen atoms in total. The van der Waals surface area contributed by atoms with E-state index in [-0.39, 0.29) is 17.0 Å². The molecule has 3 aromatic carbocycles. The van der Waals surface area contributed by atoms with Gasteiger partial charge in [-0.05, 0) is 36.4 Å². The quantitative estimate of drug-likeness (QED) is 0.435. The van der Waals surface area contributed by atoms with Gasteiger partial charge in [0.25, 0.3) is 0 Å². The Hall–Kier alpha value is -3.87. The topological polar surface area (TPSA) is 109 Å². The lowest BCUT2D eigenvalue weighted by Crippen LogP contribution is -2.11. The van der Waals surface area contributed by atoms with Crippen LogP contribution in [0.15, 0.2) is 65.1 Å². The van der Waals surface area contributed by atoms with Crippen LogP contribution in [0.2, 0.25) is 0 Å². The first-order valence-electron chi connectivity index (χ1n) is 7.70. The average Bonchev–Trinajstić information content (AvgIpc) is 3.00. The summed E-state index contributed by atoms with van der Waals surface area (Å²) in [7, 11) is 0. The van der Waals surface area contributed by atoms with Gasteiger partial charge in [-0.2, -0.15) is 0 Å². The molecule has 0 saturated heterocycles. The van der Waals surface area contributed by atoms with Gasteiger partial charge in [-0.25, -0.2) is 0 Å². The minimum atomic E-state index is -0.745. The number of hydrogen-bond donors (Lipinski definition) is 1. The van der Waals surface area contributed by atoms with E-state index in [4.69, 9.17) is 14.9 Å². The second kappa shape index (κ2) is 5.89. The van der Waals surface area contributed by atoms with E-state index in [2.05, 4.69) is 0 Å². The summed E-state index contributed by atoms with van der Waals surface area (Å²) in [5.41, 5.74) is 6.32. The van der Waals surface area contributed by atoms with Crippen LogP contribution < -0.4 is 10.5 Å². The van der Waals surface area contributed by atoms with E-state index in [1.165, 1.54) is 12.1 Å². The lowest BCUT2D eigenvalue weighted by molar-refractivity contribution is -0.385. The van der Waals surface area contributed by atoms with E-state index >= 15 is 0 Å². The maximum Gasteiger partial charge on any atom is 0.312 e. The van der Waals surface area contributed by atoms with Crippen LogP contribution in [0.5, 0.6) is 11.5 Å². The van der Waals surface area contributed by atoms with Crippen molar-refractivity contribution in [2.75, 3.05) is 0 Å². The summed E-state index contributed by atoms with van der Waals surface area (Å²) in [6, 6.07) is 16.6. The second-order valence-corrected chi connectivity index (χ2v) is 5.66. The van der Waals surface area contributed by atoms with E-state index < -0.39 is 10.8 Å². The minimum Gasteiger partial charge on any atom is -0.456 e. The largest absolute Gasteiger partial charge is 0.456 e. The van der Waals surface area contributed by atoms with E-state index in [1.54, 1.807) is 18.2 Å². The summed E-state index contributed by atoms with van der Waals surface area (Å²) in [6.45, 7) is 0. The number of carbonyl (C=O) groups is 1. The van der Waals surface area contributed by atoms with Gasteiger partial charge in [0.15, 0.2) is 0 Å². The molecule has 26 heavy (non-hydrogen) atoms. The molecule has 0 aliphatic carbocycles. The van der Waals surface area contributed by atoms with Gasteiger partial charge in [0.2, 0.25) is 11.7 Å². The fraction of sp³-hybridized carbons (Fsp3) is 0. The van der Waals surface area contributed by atoms with Crippen LogP contribution in [-0.2, 0) is 0 Å². The van der Waals surface area contributed by atoms with Gasteiger partial charge in [0.1, 0.15) is 16.9 Å². The Labute approximate surface area is 146 Å². The average molecular weight is 348 g/mol. The molecule has 0 aliphatic rings. The standard InChI is InChI=1S/C19H12N2O5/c20-19(22)11-5-7-18(15(9-11)21(23)24)25-12-6-8-17-14(10-12)13-3-1-2-4-16(13)26-17/h1-10H,(H2,20,22). The molecule has 0 fully saturated rings. The van der Waals surface area contributed by atoms with Crippen LogP contribution in [0.25, 0.3) is 21.9 Å². The Balaban J connectivity index is 1.78. The normalized spacial score (nSPS) is 10.9. The highest BCUT2D eigenvalue weighted by atomic mass is 16.6. The van der Waals surface area contributed by atoms with Crippen molar-refractivity contribution in [3.63, 3.8) is 0 Å². The molecule has 4 aromatic rings. The third-order valence-electron chi connectivity index (χ3n) is 4.02. The second-order valence-electron chi connectivity index (χ2n) is 5.66. The van der Waals surface area contributed by atoms with Crippen LogP contribution in [0.3, 0.4) is 0 Å². The van der Waals surface area contributed by atoms with E-state index in [1.807, 2.05) is 24.3 Å². The van der Waals surface area contributed by atoms with Gasteiger partial charge < -0.3 is 14.9 Å². The molecule has 1 amide bonds. The first-order chi connectivity index (χ1) is 12.5. The smallest absolute Gasteiger partial charge is 0.312 e. The molecule has 0 spiro atoms. The maximum atomic E-state index is 11.3. The third-order valence-corrected chi connectivity index (χ3v) is 4.02. The predicted molar refractivity (Wildman–Crippen MR) is 95.4 cm³/mol. The Kier molecular flexibility index (Phi) is 3.54. The number of rotatable bonds is 4. The van der Waals surface area contributed by atoms with Gasteiger partial charge in [-0.3, -0.25) is 14.9 Å². The highest BCUT2D eigenvalue weighted by Crippen LogP contribution is 2.36. The highest BCUT2D eigenvalue weighted by molar-refractivity contribution is 6.05. The Morgan fingerprint density at radius 3 is 2.54 bits per heavy atom. The molecule has 2 N–H and O–H groups in total. The number of hydrogen-bond acceptors (Lipinski definition) is 5. The molecule has 7 heteroatoms. The van der Waals surface area contributed by atoms with Crippen LogP contribution in [0.4, 0.5) is 5.69 Å². The number of amides is 1. The van der Waals surface area contributed by atoms with Crippen molar-refractivity contribution in [3.05, 3.63) is 76.3 Å². The van der Waals surface area contributed by atoms with E-state index in [0.717, 1.165) is 22.4 Å². The Bertz CT molecular complexity index is 1180. The van der Waals surface area contributed by atoms with E-state index in [9.17, 15) is 14.9 Å². The van der Waals surface area contributed by atoms with Gasteiger partial charge >= 0.3 is 5.69 Å². The molecule has 0 atom stereocenters. The van der Waals surface area contributed by atoms with Crippen molar-refractivity contribution in [1.29, 1.82) is 0 Å². The lowest BCUT2D eigenvalue weighted by atomic mass is 10.1. The molecule has 1 aromatic heterocycles. The number of fused-ring (bicyclic) bond motifs is 3. The molecule has 1 heterocycles. The number of nitrogens with zero attached hydrogens (tertiary/aromatic N) is 1. The summed E-state index contributed by atoms with van der Waals surface area (Å²) in [5, 5.41) is 13.1. The van der Waals surface area contributed by atoms with Crippen LogP contribution >= 0.6 is 0 Å². The zero-order valence-corrected chi connectivity index (χ0v) is 13.3. The van der Waals surface area contributed by atoms with Crippen molar-refractivity contribution >= 4 is 33.5 Å². The maximum absolute atomic E-state index is 11.3. The monoisotopic (exact) mass is 348 g/mol. The first kappa shape index (κ1) is 15.6. The van der Waals surface area contributed by atoms with E-state index in [0.29, 0.717) is 11.3 Å². The van der Waals surface area contributed by atoms with Crippen LogP contribution in [-0.4, -0.2) is 10.8 Å². The molecular formula is C19H12N2O5. The molecular weight excluding hydrogens is 336 g/mol. The van der Waals surface area contributed by atoms with Gasteiger partial charge in [-0.15, -0.1) is 0 Å². The number of carbonyl (C=O) groups excluding carboxylic acids is 1. The number of nitrogens with two attached hydrogens (primary N) is 1. The number of benzene rings is 3. The van der Waals surface area contributed by atoms with Gasteiger partial charge in [-0.1, -0.05) is 18.2 Å². The third kappa shape index (κ3) is 2.61. The summed E-state index contributed by atoms with van der Waals surface area (Å²) in [4.78, 5) is 21.9. The molecule has 128 valence electrons. The summed E-state index contributed by atoms with van der Waals surface area (Å²) in [5.74, 6) is -0.308. The van der Waals surface area contributed by atoms with Crippen molar-refractivity contribution in [1.82, 2.24) is 0 Å². The number of nitro benzene ring substituents is 1. The SMILES string of the molecule is NC(=O)c1ccc(Oc2ccc3oc4ccccc4c3c2)c([N+](=O)[O-])c1. The van der Waals surface area contributed by atoms with Crippen LogP contribution in [0, 0.1) is 10.1 Å². The summed E-state index contributed by atoms with van der Waals surface area (Å²) in [6.07, 6.45) is 0.